The van der Waals surface area contributed by atoms with E-state index in [4.69, 9.17) is 11.6 Å². The summed E-state index contributed by atoms with van der Waals surface area (Å²) in [6.07, 6.45) is 0. The van der Waals surface area contributed by atoms with Gasteiger partial charge in [0.1, 0.15) is 10.9 Å². The van der Waals surface area contributed by atoms with Crippen LogP contribution >= 0.6 is 11.6 Å². The van der Waals surface area contributed by atoms with Gasteiger partial charge in [0, 0.05) is 11.5 Å². The van der Waals surface area contributed by atoms with Gasteiger partial charge in [0.25, 0.3) is 0 Å². The molecule has 0 aliphatic heterocycles. The summed E-state index contributed by atoms with van der Waals surface area (Å²) in [7, 11) is 0. The van der Waals surface area contributed by atoms with Gasteiger partial charge in [0.2, 0.25) is 0 Å². The molecule has 0 aliphatic rings. The molecule has 74 valence electrons. The molecule has 6 heteroatoms. The van der Waals surface area contributed by atoms with Crippen LogP contribution in [0.4, 0.5) is 8.78 Å². The van der Waals surface area contributed by atoms with Crippen molar-refractivity contribution in [3.63, 3.8) is 0 Å². The summed E-state index contributed by atoms with van der Waals surface area (Å²) in [6.45, 7) is -2.83. The first-order valence-corrected chi connectivity index (χ1v) is 4.13. The Balaban J connectivity index is 2.42. The molecule has 0 fully saturated rings. The van der Waals surface area contributed by atoms with Crippen LogP contribution in [0.5, 0.6) is 5.75 Å². The Morgan fingerprint density at radius 1 is 1.43 bits per heavy atom. The second-order valence-corrected chi connectivity index (χ2v) is 2.97. The molecular formula is C8H5ClF2N2O. The van der Waals surface area contributed by atoms with Crippen LogP contribution in [0.25, 0.3) is 10.9 Å². The number of alkyl halides is 2. The third-order valence-corrected chi connectivity index (χ3v) is 1.99. The average Bonchev–Trinajstić information content (AvgIpc) is 2.46. The van der Waals surface area contributed by atoms with Crippen molar-refractivity contribution >= 4 is 22.5 Å². The van der Waals surface area contributed by atoms with Gasteiger partial charge in [0.15, 0.2) is 0 Å². The van der Waals surface area contributed by atoms with Crippen LogP contribution in [0.1, 0.15) is 0 Å². The lowest BCUT2D eigenvalue weighted by Gasteiger charge is -2.02. The number of H-pyrrole nitrogens is 1. The van der Waals surface area contributed by atoms with E-state index in [2.05, 4.69) is 14.9 Å². The van der Waals surface area contributed by atoms with E-state index in [1.54, 1.807) is 6.07 Å². The Labute approximate surface area is 82.6 Å². The lowest BCUT2D eigenvalue weighted by atomic mass is 10.2. The van der Waals surface area contributed by atoms with Crippen LogP contribution in [0.2, 0.25) is 5.15 Å². The highest BCUT2D eigenvalue weighted by atomic mass is 35.5. The Hall–Kier alpha value is -1.36. The van der Waals surface area contributed by atoms with Crippen molar-refractivity contribution in [2.75, 3.05) is 0 Å². The summed E-state index contributed by atoms with van der Waals surface area (Å²) in [5.41, 5.74) is 0.494. The number of halogens is 3. The molecule has 0 atom stereocenters. The van der Waals surface area contributed by atoms with Crippen molar-refractivity contribution in [1.82, 2.24) is 10.2 Å². The molecule has 1 heterocycles. The zero-order valence-corrected chi connectivity index (χ0v) is 7.55. The number of aromatic amines is 1. The number of nitrogens with one attached hydrogen (secondary N) is 1. The summed E-state index contributed by atoms with van der Waals surface area (Å²) in [5, 5.41) is 7.39. The maximum atomic E-state index is 11.8. The number of benzene rings is 1. The van der Waals surface area contributed by atoms with E-state index in [-0.39, 0.29) is 5.75 Å². The number of ether oxygens (including phenoxy) is 1. The van der Waals surface area contributed by atoms with Crippen molar-refractivity contribution < 1.29 is 13.5 Å². The highest BCUT2D eigenvalue weighted by molar-refractivity contribution is 6.34. The van der Waals surface area contributed by atoms with Gasteiger partial charge in [-0.25, -0.2) is 0 Å². The van der Waals surface area contributed by atoms with Gasteiger partial charge in [0.05, 0.1) is 5.52 Å². The number of hydrogen-bond donors (Lipinski definition) is 1. The lowest BCUT2D eigenvalue weighted by molar-refractivity contribution is -0.0497. The fraction of sp³-hybridized carbons (Fsp3) is 0.125. The van der Waals surface area contributed by atoms with E-state index < -0.39 is 6.61 Å². The minimum absolute atomic E-state index is 0.0654. The molecule has 1 aromatic carbocycles. The Morgan fingerprint density at radius 2 is 2.21 bits per heavy atom. The summed E-state index contributed by atoms with van der Waals surface area (Å²) < 4.78 is 27.9. The third-order valence-electron chi connectivity index (χ3n) is 1.71. The second kappa shape index (κ2) is 3.42. The van der Waals surface area contributed by atoms with Gasteiger partial charge in [-0.2, -0.15) is 13.9 Å². The SMILES string of the molecule is FC(F)Oc1ccc2c(Cl)[nH]nc2c1. The zero-order valence-electron chi connectivity index (χ0n) is 6.80. The first kappa shape index (κ1) is 9.21. The molecule has 2 aromatic rings. The smallest absolute Gasteiger partial charge is 0.387 e. The van der Waals surface area contributed by atoms with E-state index in [0.717, 1.165) is 0 Å². The molecule has 0 bridgehead atoms. The van der Waals surface area contributed by atoms with Crippen LogP contribution in [-0.4, -0.2) is 16.8 Å². The maximum Gasteiger partial charge on any atom is 0.387 e. The summed E-state index contributed by atoms with van der Waals surface area (Å²) in [5.74, 6) is 0.0654. The predicted molar refractivity (Wildman–Crippen MR) is 47.7 cm³/mol. The molecule has 0 amide bonds. The zero-order chi connectivity index (χ0) is 10.1. The quantitative estimate of drug-likeness (QED) is 0.842. The Kier molecular flexibility index (Phi) is 2.25. The molecule has 0 unspecified atom stereocenters. The Bertz CT molecular complexity index is 458. The topological polar surface area (TPSA) is 37.9 Å². The Morgan fingerprint density at radius 3 is 2.93 bits per heavy atom. The minimum Gasteiger partial charge on any atom is -0.435 e. The molecule has 1 aromatic heterocycles. The van der Waals surface area contributed by atoms with Gasteiger partial charge in [-0.15, -0.1) is 0 Å². The van der Waals surface area contributed by atoms with Crippen molar-refractivity contribution in [3.8, 4) is 5.75 Å². The monoisotopic (exact) mass is 218 g/mol. The van der Waals surface area contributed by atoms with Gasteiger partial charge >= 0.3 is 6.61 Å². The number of hydrogen-bond acceptors (Lipinski definition) is 2. The first-order valence-electron chi connectivity index (χ1n) is 3.75. The molecular weight excluding hydrogens is 214 g/mol. The molecule has 0 spiro atoms. The molecule has 0 saturated carbocycles. The van der Waals surface area contributed by atoms with Crippen molar-refractivity contribution in [2.24, 2.45) is 0 Å². The summed E-state index contributed by atoms with van der Waals surface area (Å²) >= 11 is 5.72. The molecule has 1 N–H and O–H groups in total. The molecule has 0 saturated heterocycles. The first-order chi connectivity index (χ1) is 6.66. The van der Waals surface area contributed by atoms with Crippen molar-refractivity contribution in [2.45, 2.75) is 6.61 Å². The van der Waals surface area contributed by atoms with E-state index in [1.165, 1.54) is 12.1 Å². The van der Waals surface area contributed by atoms with Gasteiger partial charge in [-0.3, -0.25) is 5.10 Å². The minimum atomic E-state index is -2.83. The number of aromatic nitrogens is 2. The van der Waals surface area contributed by atoms with Crippen LogP contribution in [-0.2, 0) is 0 Å². The van der Waals surface area contributed by atoms with E-state index in [0.29, 0.717) is 16.1 Å². The van der Waals surface area contributed by atoms with E-state index >= 15 is 0 Å². The lowest BCUT2D eigenvalue weighted by Crippen LogP contribution is -2.01. The molecule has 3 nitrogen and oxygen atoms in total. The van der Waals surface area contributed by atoms with Crippen LogP contribution in [0.15, 0.2) is 18.2 Å². The second-order valence-electron chi connectivity index (χ2n) is 2.60. The van der Waals surface area contributed by atoms with Gasteiger partial charge in [-0.1, -0.05) is 11.6 Å². The van der Waals surface area contributed by atoms with Gasteiger partial charge in [-0.05, 0) is 12.1 Å². The summed E-state index contributed by atoms with van der Waals surface area (Å²) in [6, 6.07) is 4.37. The largest absolute Gasteiger partial charge is 0.435 e. The summed E-state index contributed by atoms with van der Waals surface area (Å²) in [4.78, 5) is 0. The molecule has 14 heavy (non-hydrogen) atoms. The fourth-order valence-electron chi connectivity index (χ4n) is 1.14. The molecule has 2 rings (SSSR count). The fourth-order valence-corrected chi connectivity index (χ4v) is 1.34. The normalized spacial score (nSPS) is 11.1. The predicted octanol–water partition coefficient (Wildman–Crippen LogP) is 2.82. The van der Waals surface area contributed by atoms with Crippen LogP contribution in [0.3, 0.4) is 0 Å². The van der Waals surface area contributed by atoms with E-state index in [1.807, 2.05) is 0 Å². The standard InChI is InChI=1S/C8H5ClF2N2O/c9-7-5-2-1-4(14-8(10)11)3-6(5)12-13-7/h1-3,8H,(H,12,13). The van der Waals surface area contributed by atoms with Crippen LogP contribution in [0, 0.1) is 0 Å². The number of rotatable bonds is 2. The number of fused-ring (bicyclic) bond motifs is 1. The number of nitrogens with zero attached hydrogens (tertiary/aromatic N) is 1. The molecule has 0 radical (unpaired) electrons. The molecule has 0 aliphatic carbocycles. The van der Waals surface area contributed by atoms with Crippen LogP contribution < -0.4 is 4.74 Å². The van der Waals surface area contributed by atoms with Crippen molar-refractivity contribution in [1.29, 1.82) is 0 Å². The highest BCUT2D eigenvalue weighted by Crippen LogP contribution is 2.25. The average molecular weight is 219 g/mol. The van der Waals surface area contributed by atoms with Crippen molar-refractivity contribution in [3.05, 3.63) is 23.4 Å². The third kappa shape index (κ3) is 1.63. The van der Waals surface area contributed by atoms with Gasteiger partial charge < -0.3 is 4.74 Å². The van der Waals surface area contributed by atoms with E-state index in [9.17, 15) is 8.78 Å². The highest BCUT2D eigenvalue weighted by Gasteiger charge is 2.07. The maximum absolute atomic E-state index is 11.8.